The van der Waals surface area contributed by atoms with Crippen LogP contribution in [0.4, 0.5) is 0 Å². The lowest BCUT2D eigenvalue weighted by Gasteiger charge is -2.10. The van der Waals surface area contributed by atoms with Gasteiger partial charge in [-0.15, -0.1) is 0 Å². The molecule has 0 atom stereocenters. The molecule has 0 saturated heterocycles. The molecule has 1 rings (SSSR count). The van der Waals surface area contributed by atoms with Crippen molar-refractivity contribution in [1.29, 1.82) is 0 Å². The second kappa shape index (κ2) is 6.60. The van der Waals surface area contributed by atoms with E-state index in [1.165, 1.54) is 12.1 Å². The molecule has 0 bridgehead atoms. The number of aromatic nitrogens is 1. The zero-order valence-electron chi connectivity index (χ0n) is 10.8. The number of hydrogen-bond acceptors (Lipinski definition) is 5. The van der Waals surface area contributed by atoms with Crippen molar-refractivity contribution in [1.82, 2.24) is 14.6 Å². The van der Waals surface area contributed by atoms with Gasteiger partial charge in [-0.25, -0.2) is 22.9 Å². The highest BCUT2D eigenvalue weighted by atomic mass is 32.2. The Morgan fingerprint density at radius 3 is 2.58 bits per heavy atom. The predicted octanol–water partition coefficient (Wildman–Crippen LogP) is 0.00980. The van der Waals surface area contributed by atoms with Gasteiger partial charge in [0.15, 0.2) is 5.03 Å². The van der Waals surface area contributed by atoms with Crippen LogP contribution in [0.3, 0.4) is 0 Å². The lowest BCUT2D eigenvalue weighted by atomic mass is 10.3. The van der Waals surface area contributed by atoms with E-state index in [9.17, 15) is 13.2 Å². The van der Waals surface area contributed by atoms with Gasteiger partial charge in [-0.05, 0) is 39.2 Å². The molecule has 0 radical (unpaired) electrons. The second-order valence-corrected chi connectivity index (χ2v) is 5.96. The van der Waals surface area contributed by atoms with Crippen LogP contribution in [0.15, 0.2) is 23.4 Å². The van der Waals surface area contributed by atoms with Crippen LogP contribution in [0, 0.1) is 0 Å². The molecule has 0 aromatic carbocycles. The number of rotatable bonds is 7. The van der Waals surface area contributed by atoms with E-state index in [0.717, 1.165) is 12.7 Å². The molecular formula is C11H17N3O4S. The first-order valence-electron chi connectivity index (χ1n) is 5.66. The monoisotopic (exact) mass is 287 g/mol. The number of hydrogen-bond donors (Lipinski definition) is 2. The lowest BCUT2D eigenvalue weighted by Crippen LogP contribution is -2.28. The Hall–Kier alpha value is -1.51. The highest BCUT2D eigenvalue weighted by Crippen LogP contribution is 2.06. The first-order valence-corrected chi connectivity index (χ1v) is 7.15. The Balaban J connectivity index is 2.64. The SMILES string of the molecule is CN(C)CCCNS(=O)(=O)c1ccc(C(=O)O)cn1. The predicted molar refractivity (Wildman–Crippen MR) is 69.6 cm³/mol. The molecule has 0 unspecified atom stereocenters. The van der Waals surface area contributed by atoms with E-state index in [2.05, 4.69) is 9.71 Å². The van der Waals surface area contributed by atoms with Gasteiger partial charge in [0.2, 0.25) is 0 Å². The van der Waals surface area contributed by atoms with Crippen LogP contribution in [0.2, 0.25) is 0 Å². The zero-order chi connectivity index (χ0) is 14.5. The summed E-state index contributed by atoms with van der Waals surface area (Å²) in [7, 11) is 0.134. The number of pyridine rings is 1. The maximum atomic E-state index is 11.8. The van der Waals surface area contributed by atoms with E-state index in [0.29, 0.717) is 13.0 Å². The number of carboxylic acid groups (broad SMARTS) is 1. The van der Waals surface area contributed by atoms with Gasteiger partial charge in [0.05, 0.1) is 5.56 Å². The summed E-state index contributed by atoms with van der Waals surface area (Å²) in [4.78, 5) is 16.2. The fourth-order valence-corrected chi connectivity index (χ4v) is 2.34. The normalized spacial score (nSPS) is 11.7. The number of sulfonamides is 1. The molecule has 8 heteroatoms. The lowest BCUT2D eigenvalue weighted by molar-refractivity contribution is 0.0696. The van der Waals surface area contributed by atoms with E-state index in [1.807, 2.05) is 19.0 Å². The first-order chi connectivity index (χ1) is 8.83. The fraction of sp³-hybridized carbons (Fsp3) is 0.455. The Kier molecular flexibility index (Phi) is 5.40. The number of carboxylic acids is 1. The minimum absolute atomic E-state index is 0.0495. The largest absolute Gasteiger partial charge is 0.478 e. The number of nitrogens with one attached hydrogen (secondary N) is 1. The van der Waals surface area contributed by atoms with Gasteiger partial charge < -0.3 is 10.0 Å². The summed E-state index contributed by atoms with van der Waals surface area (Å²) in [6, 6.07) is 2.39. The van der Waals surface area contributed by atoms with Gasteiger partial charge in [-0.1, -0.05) is 0 Å². The minimum Gasteiger partial charge on any atom is -0.478 e. The molecule has 0 aliphatic heterocycles. The van der Waals surface area contributed by atoms with Crippen molar-refractivity contribution in [3.8, 4) is 0 Å². The summed E-state index contributed by atoms with van der Waals surface area (Å²) in [5.41, 5.74) is -0.0495. The Morgan fingerprint density at radius 2 is 2.11 bits per heavy atom. The summed E-state index contributed by atoms with van der Waals surface area (Å²) in [6.45, 7) is 1.08. The standard InChI is InChI=1S/C11H17N3O4S/c1-14(2)7-3-6-13-19(17,18)10-5-4-9(8-12-10)11(15)16/h4-5,8,13H,3,6-7H2,1-2H3,(H,15,16). The molecule has 0 amide bonds. The molecule has 0 spiro atoms. The van der Waals surface area contributed by atoms with Gasteiger partial charge in [-0.3, -0.25) is 0 Å². The third-order valence-electron chi connectivity index (χ3n) is 2.33. The molecule has 0 fully saturated rings. The third-order valence-corrected chi connectivity index (χ3v) is 3.71. The maximum Gasteiger partial charge on any atom is 0.337 e. The molecule has 19 heavy (non-hydrogen) atoms. The van der Waals surface area contributed by atoms with Gasteiger partial charge in [0.1, 0.15) is 0 Å². The highest BCUT2D eigenvalue weighted by molar-refractivity contribution is 7.89. The van der Waals surface area contributed by atoms with Crippen molar-refractivity contribution in [3.63, 3.8) is 0 Å². The molecule has 1 heterocycles. The van der Waals surface area contributed by atoms with Crippen molar-refractivity contribution in [2.24, 2.45) is 0 Å². The van der Waals surface area contributed by atoms with E-state index >= 15 is 0 Å². The number of nitrogens with zero attached hydrogens (tertiary/aromatic N) is 2. The van der Waals surface area contributed by atoms with Crippen LogP contribution in [0.5, 0.6) is 0 Å². The van der Waals surface area contributed by atoms with Crippen LogP contribution < -0.4 is 4.72 Å². The smallest absolute Gasteiger partial charge is 0.337 e. The van der Waals surface area contributed by atoms with Gasteiger partial charge in [0.25, 0.3) is 10.0 Å². The van der Waals surface area contributed by atoms with Crippen LogP contribution in [-0.4, -0.2) is 56.6 Å². The summed E-state index contributed by atoms with van der Waals surface area (Å²) < 4.78 is 26.1. The van der Waals surface area contributed by atoms with Crippen LogP contribution in [-0.2, 0) is 10.0 Å². The topological polar surface area (TPSA) is 99.6 Å². The fourth-order valence-electron chi connectivity index (χ4n) is 1.34. The van der Waals surface area contributed by atoms with Crippen molar-refractivity contribution in [3.05, 3.63) is 23.9 Å². The first kappa shape index (κ1) is 15.5. The van der Waals surface area contributed by atoms with Crippen LogP contribution in [0.1, 0.15) is 16.8 Å². The third kappa shape index (κ3) is 4.93. The quantitative estimate of drug-likeness (QED) is 0.685. The molecule has 0 saturated carbocycles. The summed E-state index contributed by atoms with van der Waals surface area (Å²) in [5, 5.41) is 8.52. The van der Waals surface area contributed by atoms with E-state index in [1.54, 1.807) is 0 Å². The van der Waals surface area contributed by atoms with Gasteiger partial charge >= 0.3 is 5.97 Å². The molecule has 0 aliphatic rings. The summed E-state index contributed by atoms with van der Waals surface area (Å²) >= 11 is 0. The van der Waals surface area contributed by atoms with Crippen LogP contribution >= 0.6 is 0 Å². The summed E-state index contributed by atoms with van der Waals surface area (Å²) in [5.74, 6) is -1.14. The number of carbonyl (C=O) groups is 1. The molecule has 2 N–H and O–H groups in total. The summed E-state index contributed by atoms with van der Waals surface area (Å²) in [6.07, 6.45) is 1.70. The van der Waals surface area contributed by atoms with E-state index in [-0.39, 0.29) is 10.6 Å². The molecule has 1 aromatic rings. The molecule has 1 aromatic heterocycles. The van der Waals surface area contributed by atoms with Crippen molar-refractivity contribution >= 4 is 16.0 Å². The van der Waals surface area contributed by atoms with Crippen LogP contribution in [0.25, 0.3) is 0 Å². The van der Waals surface area contributed by atoms with Crippen molar-refractivity contribution in [2.45, 2.75) is 11.4 Å². The maximum absolute atomic E-state index is 11.8. The van der Waals surface area contributed by atoms with Gasteiger partial charge in [0, 0.05) is 12.7 Å². The Morgan fingerprint density at radius 1 is 1.42 bits per heavy atom. The van der Waals surface area contributed by atoms with E-state index in [4.69, 9.17) is 5.11 Å². The van der Waals surface area contributed by atoms with Crippen molar-refractivity contribution < 1.29 is 18.3 Å². The highest BCUT2D eigenvalue weighted by Gasteiger charge is 2.15. The number of aromatic carboxylic acids is 1. The average molecular weight is 287 g/mol. The Labute approximate surface area is 112 Å². The second-order valence-electron chi connectivity index (χ2n) is 4.24. The molecular weight excluding hydrogens is 270 g/mol. The van der Waals surface area contributed by atoms with Crippen molar-refractivity contribution in [2.75, 3.05) is 27.2 Å². The molecule has 7 nitrogen and oxygen atoms in total. The Bertz CT molecular complexity index is 525. The minimum atomic E-state index is -3.67. The van der Waals surface area contributed by atoms with E-state index < -0.39 is 16.0 Å². The molecule has 0 aliphatic carbocycles. The van der Waals surface area contributed by atoms with Gasteiger partial charge in [-0.2, -0.15) is 0 Å². The average Bonchev–Trinajstić information content (AvgIpc) is 2.34. The zero-order valence-corrected chi connectivity index (χ0v) is 11.6. The molecule has 106 valence electrons.